The van der Waals surface area contributed by atoms with Crippen molar-refractivity contribution in [2.45, 2.75) is 76.9 Å². The van der Waals surface area contributed by atoms with Crippen LogP contribution in [0.4, 0.5) is 0 Å². The summed E-state index contributed by atoms with van der Waals surface area (Å²) in [6.45, 7) is 4.67. The van der Waals surface area contributed by atoms with Crippen molar-refractivity contribution in [3.05, 3.63) is 0 Å². The molecule has 0 aromatic carbocycles. The van der Waals surface area contributed by atoms with Crippen LogP contribution in [0.1, 0.15) is 65.2 Å². The molecule has 0 bridgehead atoms. The fraction of sp³-hybridized carbons (Fsp3) is 0.933. The van der Waals surface area contributed by atoms with Crippen LogP contribution >= 0.6 is 0 Å². The summed E-state index contributed by atoms with van der Waals surface area (Å²) in [6, 6.07) is 0.476. The maximum atomic E-state index is 10.7. The van der Waals surface area contributed by atoms with E-state index in [-0.39, 0.29) is 5.41 Å². The standard InChI is InChI=1S/C15H29N3O/c1-14(2)9-6-10-15(14,19)11-17-13(16)18-12-7-4-3-5-8-12/h12,19H,3-11H2,1-2H3,(H3,16,17,18). The number of aliphatic hydroxyl groups is 1. The van der Waals surface area contributed by atoms with Gasteiger partial charge in [0.25, 0.3) is 0 Å². The summed E-state index contributed by atoms with van der Waals surface area (Å²) in [5.74, 6) is 0.503. The molecule has 2 saturated carbocycles. The van der Waals surface area contributed by atoms with Gasteiger partial charge in [-0.15, -0.1) is 0 Å². The molecule has 0 saturated heterocycles. The summed E-state index contributed by atoms with van der Waals surface area (Å²) in [6.07, 6.45) is 9.25. The predicted molar refractivity (Wildman–Crippen MR) is 79.1 cm³/mol. The van der Waals surface area contributed by atoms with E-state index in [1.807, 2.05) is 0 Å². The fourth-order valence-electron chi connectivity index (χ4n) is 3.40. The molecule has 0 spiro atoms. The molecule has 0 aromatic rings. The van der Waals surface area contributed by atoms with E-state index in [4.69, 9.17) is 5.73 Å². The van der Waals surface area contributed by atoms with Crippen LogP contribution in [0.15, 0.2) is 4.99 Å². The minimum Gasteiger partial charge on any atom is -0.387 e. The van der Waals surface area contributed by atoms with Crippen molar-refractivity contribution in [3.8, 4) is 0 Å². The van der Waals surface area contributed by atoms with Gasteiger partial charge in [0.05, 0.1) is 12.1 Å². The number of nitrogens with one attached hydrogen (secondary N) is 1. The molecular weight excluding hydrogens is 238 g/mol. The predicted octanol–water partition coefficient (Wildman–Crippen LogP) is 2.16. The number of nitrogens with zero attached hydrogens (tertiary/aromatic N) is 1. The average molecular weight is 267 g/mol. The summed E-state index contributed by atoms with van der Waals surface area (Å²) >= 11 is 0. The molecule has 1 atom stereocenters. The first kappa shape index (κ1) is 14.6. The summed E-state index contributed by atoms with van der Waals surface area (Å²) in [5.41, 5.74) is 5.22. The molecule has 0 amide bonds. The zero-order chi connectivity index (χ0) is 13.9. The van der Waals surface area contributed by atoms with Crippen molar-refractivity contribution in [1.82, 2.24) is 5.32 Å². The Hall–Kier alpha value is -0.770. The van der Waals surface area contributed by atoms with Gasteiger partial charge >= 0.3 is 0 Å². The van der Waals surface area contributed by atoms with Gasteiger partial charge in [-0.3, -0.25) is 4.99 Å². The van der Waals surface area contributed by atoms with E-state index in [1.54, 1.807) is 0 Å². The van der Waals surface area contributed by atoms with Gasteiger partial charge in [-0.25, -0.2) is 0 Å². The number of rotatable bonds is 3. The third-order valence-electron chi connectivity index (χ3n) is 5.12. The van der Waals surface area contributed by atoms with Gasteiger partial charge in [-0.05, 0) is 37.5 Å². The third kappa shape index (κ3) is 3.41. The van der Waals surface area contributed by atoms with Gasteiger partial charge in [0, 0.05) is 6.04 Å². The van der Waals surface area contributed by atoms with E-state index in [2.05, 4.69) is 24.2 Å². The summed E-state index contributed by atoms with van der Waals surface area (Å²) in [7, 11) is 0. The highest BCUT2D eigenvalue weighted by atomic mass is 16.3. The topological polar surface area (TPSA) is 70.6 Å². The van der Waals surface area contributed by atoms with Crippen LogP contribution in [0.5, 0.6) is 0 Å². The van der Waals surface area contributed by atoms with E-state index in [1.165, 1.54) is 32.1 Å². The number of hydrogen-bond acceptors (Lipinski definition) is 2. The maximum absolute atomic E-state index is 10.7. The monoisotopic (exact) mass is 267 g/mol. The van der Waals surface area contributed by atoms with Crippen LogP contribution in [0.3, 0.4) is 0 Å². The molecule has 0 aromatic heterocycles. The Morgan fingerprint density at radius 2 is 1.89 bits per heavy atom. The second kappa shape index (κ2) is 5.70. The van der Waals surface area contributed by atoms with Crippen LogP contribution in [-0.2, 0) is 0 Å². The van der Waals surface area contributed by atoms with Crippen LogP contribution in [0.25, 0.3) is 0 Å². The largest absolute Gasteiger partial charge is 0.387 e. The summed E-state index contributed by atoms with van der Waals surface area (Å²) in [5, 5.41) is 14.0. The van der Waals surface area contributed by atoms with E-state index >= 15 is 0 Å². The first-order chi connectivity index (χ1) is 8.93. The molecule has 4 nitrogen and oxygen atoms in total. The third-order valence-corrected chi connectivity index (χ3v) is 5.12. The molecule has 2 fully saturated rings. The number of hydrogen-bond donors (Lipinski definition) is 3. The molecule has 4 heteroatoms. The smallest absolute Gasteiger partial charge is 0.188 e. The van der Waals surface area contributed by atoms with E-state index in [9.17, 15) is 5.11 Å². The Bertz CT molecular complexity index is 334. The average Bonchev–Trinajstić information content (AvgIpc) is 2.63. The molecule has 2 rings (SSSR count). The molecule has 0 heterocycles. The van der Waals surface area contributed by atoms with Crippen molar-refractivity contribution in [1.29, 1.82) is 0 Å². The van der Waals surface area contributed by atoms with Crippen molar-refractivity contribution in [2.24, 2.45) is 16.1 Å². The highest BCUT2D eigenvalue weighted by Gasteiger charge is 2.47. The minimum absolute atomic E-state index is 0.0539. The quantitative estimate of drug-likeness (QED) is 0.542. The lowest BCUT2D eigenvalue weighted by Crippen LogP contribution is -2.45. The molecule has 19 heavy (non-hydrogen) atoms. The highest BCUT2D eigenvalue weighted by Crippen LogP contribution is 2.45. The lowest BCUT2D eigenvalue weighted by Gasteiger charge is -2.35. The van der Waals surface area contributed by atoms with Crippen LogP contribution in [-0.4, -0.2) is 29.3 Å². The first-order valence-corrected chi connectivity index (χ1v) is 7.72. The van der Waals surface area contributed by atoms with Crippen molar-refractivity contribution in [2.75, 3.05) is 6.54 Å². The van der Waals surface area contributed by atoms with Crippen LogP contribution in [0.2, 0.25) is 0 Å². The normalized spacial score (nSPS) is 32.5. The highest BCUT2D eigenvalue weighted by molar-refractivity contribution is 5.78. The zero-order valence-corrected chi connectivity index (χ0v) is 12.4. The van der Waals surface area contributed by atoms with Crippen molar-refractivity contribution >= 4 is 5.96 Å². The molecule has 4 N–H and O–H groups in total. The SMILES string of the molecule is CC1(C)CCCC1(O)CN=C(N)NC1CCCCC1. The van der Waals surface area contributed by atoms with Gasteiger partial charge in [-0.2, -0.15) is 0 Å². The lowest BCUT2D eigenvalue weighted by atomic mass is 9.78. The van der Waals surface area contributed by atoms with Gasteiger partial charge < -0.3 is 16.2 Å². The second-order valence-corrected chi connectivity index (χ2v) is 6.95. The number of nitrogens with two attached hydrogens (primary N) is 1. The Morgan fingerprint density at radius 1 is 1.21 bits per heavy atom. The fourth-order valence-corrected chi connectivity index (χ4v) is 3.40. The van der Waals surface area contributed by atoms with Crippen LogP contribution in [0, 0.1) is 5.41 Å². The molecule has 110 valence electrons. The Morgan fingerprint density at radius 3 is 2.47 bits per heavy atom. The van der Waals surface area contributed by atoms with Gasteiger partial charge in [0.1, 0.15) is 0 Å². The van der Waals surface area contributed by atoms with Gasteiger partial charge in [-0.1, -0.05) is 33.1 Å². The van der Waals surface area contributed by atoms with Crippen molar-refractivity contribution < 1.29 is 5.11 Å². The molecule has 2 aliphatic rings. The zero-order valence-electron chi connectivity index (χ0n) is 12.4. The second-order valence-electron chi connectivity index (χ2n) is 6.95. The van der Waals surface area contributed by atoms with E-state index in [0.29, 0.717) is 18.5 Å². The maximum Gasteiger partial charge on any atom is 0.188 e. The van der Waals surface area contributed by atoms with Gasteiger partial charge in [0.15, 0.2) is 5.96 Å². The Balaban J connectivity index is 1.87. The number of aliphatic imine (C=N–C) groups is 1. The molecule has 0 radical (unpaired) electrons. The number of guanidine groups is 1. The minimum atomic E-state index is -0.689. The first-order valence-electron chi connectivity index (χ1n) is 7.72. The summed E-state index contributed by atoms with van der Waals surface area (Å²) in [4.78, 5) is 4.40. The molecule has 0 aliphatic heterocycles. The van der Waals surface area contributed by atoms with E-state index < -0.39 is 5.60 Å². The lowest BCUT2D eigenvalue weighted by molar-refractivity contribution is -0.0335. The Kier molecular flexibility index (Phi) is 4.39. The molecular formula is C15H29N3O. The Labute approximate surface area is 116 Å². The van der Waals surface area contributed by atoms with Crippen LogP contribution < -0.4 is 11.1 Å². The molecule has 2 aliphatic carbocycles. The van der Waals surface area contributed by atoms with Gasteiger partial charge in [0.2, 0.25) is 0 Å². The molecule has 1 unspecified atom stereocenters. The summed E-state index contributed by atoms with van der Waals surface area (Å²) < 4.78 is 0. The van der Waals surface area contributed by atoms with E-state index in [0.717, 1.165) is 19.3 Å². The van der Waals surface area contributed by atoms with Crippen molar-refractivity contribution in [3.63, 3.8) is 0 Å².